The predicted octanol–water partition coefficient (Wildman–Crippen LogP) is 4.59. The molecule has 3 nitrogen and oxygen atoms in total. The minimum absolute atomic E-state index is 0.172. The number of hydrogen-bond acceptors (Lipinski definition) is 2. The van der Waals surface area contributed by atoms with Crippen LogP contribution in [-0.4, -0.2) is 11.1 Å². The van der Waals surface area contributed by atoms with Gasteiger partial charge in [-0.1, -0.05) is 29.8 Å². The number of rotatable bonds is 2. The molecular formula is C15H8ClFO3. The molecule has 0 atom stereocenters. The standard InChI is InChI=1S/C15H8ClFO3/c16-8-5-6-12-10(7-8)13(14(20-12)15(18)19)9-3-1-2-4-11(9)17/h1-7H,(H,18,19). The Kier molecular flexibility index (Phi) is 2.95. The summed E-state index contributed by atoms with van der Waals surface area (Å²) in [7, 11) is 0. The minimum Gasteiger partial charge on any atom is -0.475 e. The van der Waals surface area contributed by atoms with Gasteiger partial charge in [-0.2, -0.15) is 0 Å². The number of aromatic carboxylic acids is 1. The largest absolute Gasteiger partial charge is 0.475 e. The smallest absolute Gasteiger partial charge is 0.372 e. The Morgan fingerprint density at radius 1 is 1.20 bits per heavy atom. The van der Waals surface area contributed by atoms with Crippen molar-refractivity contribution >= 4 is 28.5 Å². The fourth-order valence-electron chi connectivity index (χ4n) is 2.15. The molecule has 0 bridgehead atoms. The van der Waals surface area contributed by atoms with Crippen LogP contribution in [0.25, 0.3) is 22.1 Å². The summed E-state index contributed by atoms with van der Waals surface area (Å²) in [5.74, 6) is -2.07. The summed E-state index contributed by atoms with van der Waals surface area (Å²) < 4.78 is 19.3. The van der Waals surface area contributed by atoms with Crippen molar-refractivity contribution in [3.63, 3.8) is 0 Å². The van der Waals surface area contributed by atoms with E-state index in [0.717, 1.165) is 0 Å². The average Bonchev–Trinajstić information content (AvgIpc) is 2.78. The number of halogens is 2. The Balaban J connectivity index is 2.43. The van der Waals surface area contributed by atoms with Gasteiger partial charge in [-0.3, -0.25) is 0 Å². The summed E-state index contributed by atoms with van der Waals surface area (Å²) in [4.78, 5) is 11.3. The molecule has 1 aromatic heterocycles. The van der Waals surface area contributed by atoms with E-state index >= 15 is 0 Å². The lowest BCUT2D eigenvalue weighted by atomic mass is 10.0. The van der Waals surface area contributed by atoms with Crippen molar-refractivity contribution in [3.05, 3.63) is 59.1 Å². The normalized spacial score (nSPS) is 10.9. The molecule has 2 aromatic carbocycles. The summed E-state index contributed by atoms with van der Waals surface area (Å²) in [6.45, 7) is 0. The maximum absolute atomic E-state index is 14.0. The van der Waals surface area contributed by atoms with Gasteiger partial charge in [-0.25, -0.2) is 9.18 Å². The third-order valence-corrected chi connectivity index (χ3v) is 3.22. The van der Waals surface area contributed by atoms with Gasteiger partial charge in [0.05, 0.1) is 0 Å². The van der Waals surface area contributed by atoms with Crippen LogP contribution >= 0.6 is 11.6 Å². The van der Waals surface area contributed by atoms with Crippen molar-refractivity contribution in [2.45, 2.75) is 0 Å². The first-order chi connectivity index (χ1) is 9.58. The Labute approximate surface area is 118 Å². The highest BCUT2D eigenvalue weighted by molar-refractivity contribution is 6.31. The van der Waals surface area contributed by atoms with E-state index in [1.54, 1.807) is 24.3 Å². The zero-order chi connectivity index (χ0) is 14.3. The second-order valence-corrected chi connectivity index (χ2v) is 4.67. The molecule has 3 rings (SSSR count). The van der Waals surface area contributed by atoms with E-state index in [2.05, 4.69) is 0 Å². The summed E-state index contributed by atoms with van der Waals surface area (Å²) >= 11 is 5.92. The third-order valence-electron chi connectivity index (χ3n) is 2.99. The Bertz CT molecular complexity index is 823. The summed E-state index contributed by atoms with van der Waals surface area (Å²) in [6.07, 6.45) is 0. The van der Waals surface area contributed by atoms with Crippen LogP contribution in [0, 0.1) is 5.82 Å². The van der Waals surface area contributed by atoms with Gasteiger partial charge in [0, 0.05) is 21.5 Å². The summed E-state index contributed by atoms with van der Waals surface area (Å²) in [6, 6.07) is 10.7. The highest BCUT2D eigenvalue weighted by atomic mass is 35.5. The predicted molar refractivity (Wildman–Crippen MR) is 73.6 cm³/mol. The molecule has 0 aliphatic heterocycles. The fourth-order valence-corrected chi connectivity index (χ4v) is 2.32. The molecule has 0 aliphatic carbocycles. The van der Waals surface area contributed by atoms with E-state index in [0.29, 0.717) is 16.0 Å². The van der Waals surface area contributed by atoms with Crippen molar-refractivity contribution in [2.24, 2.45) is 0 Å². The number of furan rings is 1. The topological polar surface area (TPSA) is 50.4 Å². The number of benzene rings is 2. The maximum atomic E-state index is 14.0. The first-order valence-electron chi connectivity index (χ1n) is 5.78. The molecule has 0 spiro atoms. The van der Waals surface area contributed by atoms with Gasteiger partial charge >= 0.3 is 5.97 Å². The SMILES string of the molecule is O=C(O)c1oc2ccc(Cl)cc2c1-c1ccccc1F. The van der Waals surface area contributed by atoms with Crippen LogP contribution in [0.3, 0.4) is 0 Å². The third kappa shape index (κ3) is 1.94. The number of carbonyl (C=O) groups is 1. The first-order valence-corrected chi connectivity index (χ1v) is 6.16. The van der Waals surface area contributed by atoms with Crippen molar-refractivity contribution in [1.29, 1.82) is 0 Å². The van der Waals surface area contributed by atoms with Gasteiger partial charge in [0.2, 0.25) is 5.76 Å². The monoisotopic (exact) mass is 290 g/mol. The molecule has 0 saturated carbocycles. The first kappa shape index (κ1) is 12.7. The number of fused-ring (bicyclic) bond motifs is 1. The lowest BCUT2D eigenvalue weighted by molar-refractivity contribution is 0.0666. The van der Waals surface area contributed by atoms with Crippen LogP contribution in [0.2, 0.25) is 5.02 Å². The van der Waals surface area contributed by atoms with Crippen LogP contribution in [-0.2, 0) is 0 Å². The molecule has 0 radical (unpaired) electrons. The van der Waals surface area contributed by atoms with Crippen molar-refractivity contribution in [1.82, 2.24) is 0 Å². The van der Waals surface area contributed by atoms with Crippen molar-refractivity contribution in [3.8, 4) is 11.1 Å². The van der Waals surface area contributed by atoms with E-state index < -0.39 is 11.8 Å². The molecule has 1 heterocycles. The van der Waals surface area contributed by atoms with Gasteiger partial charge in [-0.15, -0.1) is 0 Å². The fraction of sp³-hybridized carbons (Fsp3) is 0. The average molecular weight is 291 g/mol. The molecule has 20 heavy (non-hydrogen) atoms. The second-order valence-electron chi connectivity index (χ2n) is 4.23. The zero-order valence-electron chi connectivity index (χ0n) is 10.1. The van der Waals surface area contributed by atoms with Crippen LogP contribution in [0.15, 0.2) is 46.9 Å². The zero-order valence-corrected chi connectivity index (χ0v) is 10.8. The van der Waals surface area contributed by atoms with Crippen LogP contribution in [0.1, 0.15) is 10.6 Å². The van der Waals surface area contributed by atoms with Gasteiger partial charge in [0.1, 0.15) is 11.4 Å². The van der Waals surface area contributed by atoms with Gasteiger partial charge in [-0.05, 0) is 24.3 Å². The summed E-state index contributed by atoms with van der Waals surface area (Å²) in [5, 5.41) is 10.1. The number of carboxylic acids is 1. The van der Waals surface area contributed by atoms with Crippen LogP contribution in [0.4, 0.5) is 4.39 Å². The highest BCUT2D eigenvalue weighted by Gasteiger charge is 2.23. The summed E-state index contributed by atoms with van der Waals surface area (Å²) in [5.41, 5.74) is 0.726. The van der Waals surface area contributed by atoms with E-state index in [1.807, 2.05) is 0 Å². The Morgan fingerprint density at radius 2 is 1.95 bits per heavy atom. The number of carboxylic acid groups (broad SMARTS) is 1. The molecule has 0 amide bonds. The lowest BCUT2D eigenvalue weighted by Crippen LogP contribution is -1.97. The molecule has 0 saturated heterocycles. The van der Waals surface area contributed by atoms with Crippen molar-refractivity contribution in [2.75, 3.05) is 0 Å². The van der Waals surface area contributed by atoms with Gasteiger partial charge in [0.25, 0.3) is 0 Å². The molecular weight excluding hydrogens is 283 g/mol. The molecule has 0 unspecified atom stereocenters. The Hall–Kier alpha value is -2.33. The van der Waals surface area contributed by atoms with E-state index in [-0.39, 0.29) is 16.9 Å². The quantitative estimate of drug-likeness (QED) is 0.751. The van der Waals surface area contributed by atoms with E-state index in [4.69, 9.17) is 16.0 Å². The lowest BCUT2D eigenvalue weighted by Gasteiger charge is -2.02. The molecule has 3 aromatic rings. The Morgan fingerprint density at radius 3 is 2.65 bits per heavy atom. The van der Waals surface area contributed by atoms with Gasteiger partial charge in [0.15, 0.2) is 0 Å². The second kappa shape index (κ2) is 4.65. The van der Waals surface area contributed by atoms with Crippen LogP contribution < -0.4 is 0 Å². The molecule has 0 fully saturated rings. The molecule has 0 aliphatic rings. The van der Waals surface area contributed by atoms with Gasteiger partial charge < -0.3 is 9.52 Å². The van der Waals surface area contributed by atoms with Crippen molar-refractivity contribution < 1.29 is 18.7 Å². The molecule has 100 valence electrons. The molecule has 1 N–H and O–H groups in total. The van der Waals surface area contributed by atoms with Crippen LogP contribution in [0.5, 0.6) is 0 Å². The maximum Gasteiger partial charge on any atom is 0.372 e. The minimum atomic E-state index is -1.25. The number of hydrogen-bond donors (Lipinski definition) is 1. The van der Waals surface area contributed by atoms with E-state index in [9.17, 15) is 14.3 Å². The molecule has 5 heteroatoms. The highest BCUT2D eigenvalue weighted by Crippen LogP contribution is 2.37. The van der Waals surface area contributed by atoms with E-state index in [1.165, 1.54) is 18.2 Å².